The number of para-hydroxylation sites is 1. The lowest BCUT2D eigenvalue weighted by atomic mass is 10.1. The van der Waals surface area contributed by atoms with Crippen molar-refractivity contribution in [2.45, 2.75) is 6.92 Å². The van der Waals surface area contributed by atoms with Gasteiger partial charge in [0.05, 0.1) is 25.9 Å². The van der Waals surface area contributed by atoms with Crippen LogP contribution in [0, 0.1) is 6.92 Å². The molecule has 0 aliphatic carbocycles. The molecule has 8 heteroatoms. The Kier molecular flexibility index (Phi) is 6.67. The molecule has 0 radical (unpaired) electrons. The van der Waals surface area contributed by atoms with Gasteiger partial charge in [0.15, 0.2) is 0 Å². The van der Waals surface area contributed by atoms with Gasteiger partial charge in [0.25, 0.3) is 0 Å². The summed E-state index contributed by atoms with van der Waals surface area (Å²) in [6.45, 7) is 1.94. The molecule has 2 heterocycles. The van der Waals surface area contributed by atoms with Crippen LogP contribution in [0.5, 0.6) is 0 Å². The lowest BCUT2D eigenvalue weighted by Gasteiger charge is -2.09. The normalized spacial score (nSPS) is 11.4. The van der Waals surface area contributed by atoms with Gasteiger partial charge < -0.3 is 9.73 Å². The summed E-state index contributed by atoms with van der Waals surface area (Å²) in [6.07, 6.45) is 2.97. The second-order valence-corrected chi connectivity index (χ2v) is 10.0. The highest BCUT2D eigenvalue weighted by Crippen LogP contribution is 2.39. The summed E-state index contributed by atoms with van der Waals surface area (Å²) in [6, 6.07) is 20.5. The molecule has 0 aliphatic heterocycles. The molecular formula is C27H17Cl3N2O2S. The fourth-order valence-corrected chi connectivity index (χ4v) is 5.22. The zero-order valence-corrected chi connectivity index (χ0v) is 21.4. The number of rotatable bonds is 5. The van der Waals surface area contributed by atoms with E-state index in [2.05, 4.69) is 10.3 Å². The molecule has 1 amide bonds. The molecule has 0 saturated carbocycles. The Hall–Kier alpha value is -3.09. The summed E-state index contributed by atoms with van der Waals surface area (Å²) < 4.78 is 6.88. The predicted octanol–water partition coefficient (Wildman–Crippen LogP) is 9.14. The summed E-state index contributed by atoms with van der Waals surface area (Å²) in [5.41, 5.74) is 3.88. The van der Waals surface area contributed by atoms with E-state index in [4.69, 9.17) is 39.2 Å². The number of halogens is 3. The number of carbonyl (C=O) groups excluding carboxylic acids is 1. The van der Waals surface area contributed by atoms with Gasteiger partial charge in [-0.3, -0.25) is 4.79 Å². The number of aromatic nitrogens is 1. The minimum atomic E-state index is -0.360. The second-order valence-electron chi connectivity index (χ2n) is 7.79. The number of benzene rings is 3. The fraction of sp³-hybridized carbons (Fsp3) is 0.0370. The maximum Gasteiger partial charge on any atom is 0.248 e. The molecule has 174 valence electrons. The van der Waals surface area contributed by atoms with Gasteiger partial charge in [0, 0.05) is 22.2 Å². The largest absolute Gasteiger partial charge is 0.457 e. The van der Waals surface area contributed by atoms with Crippen LogP contribution in [0.4, 0.5) is 5.69 Å². The van der Waals surface area contributed by atoms with Crippen LogP contribution in [0.3, 0.4) is 0 Å². The van der Waals surface area contributed by atoms with Gasteiger partial charge in [-0.2, -0.15) is 0 Å². The molecule has 0 fully saturated rings. The molecule has 35 heavy (non-hydrogen) atoms. The van der Waals surface area contributed by atoms with E-state index in [9.17, 15) is 4.79 Å². The van der Waals surface area contributed by atoms with Crippen molar-refractivity contribution < 1.29 is 9.21 Å². The van der Waals surface area contributed by atoms with E-state index in [1.807, 2.05) is 55.5 Å². The Morgan fingerprint density at radius 2 is 1.80 bits per heavy atom. The highest BCUT2D eigenvalue weighted by Gasteiger charge is 2.14. The number of nitrogens with one attached hydrogen (secondary N) is 1. The number of hydrogen-bond acceptors (Lipinski definition) is 4. The van der Waals surface area contributed by atoms with Gasteiger partial charge in [-0.1, -0.05) is 59.1 Å². The van der Waals surface area contributed by atoms with Crippen molar-refractivity contribution in [2.24, 2.45) is 0 Å². The maximum absolute atomic E-state index is 12.6. The number of fused-ring (bicyclic) bond motifs is 1. The topological polar surface area (TPSA) is 55.1 Å². The van der Waals surface area contributed by atoms with Crippen LogP contribution in [-0.4, -0.2) is 10.9 Å². The molecule has 3 aromatic carbocycles. The van der Waals surface area contributed by atoms with E-state index in [0.717, 1.165) is 26.4 Å². The Morgan fingerprint density at radius 1 is 0.971 bits per heavy atom. The number of furan rings is 1. The number of hydrogen-bond donors (Lipinski definition) is 1. The van der Waals surface area contributed by atoms with Gasteiger partial charge in [-0.25, -0.2) is 4.98 Å². The van der Waals surface area contributed by atoms with Gasteiger partial charge in [0.1, 0.15) is 16.5 Å². The van der Waals surface area contributed by atoms with Crippen LogP contribution in [-0.2, 0) is 4.79 Å². The second kappa shape index (κ2) is 9.88. The van der Waals surface area contributed by atoms with Crippen LogP contribution in [0.15, 0.2) is 77.2 Å². The third-order valence-electron chi connectivity index (χ3n) is 5.32. The molecule has 0 bridgehead atoms. The molecule has 4 nitrogen and oxygen atoms in total. The average molecular weight is 540 g/mol. The average Bonchev–Trinajstić information content (AvgIpc) is 3.48. The molecule has 0 unspecified atom stereocenters. The van der Waals surface area contributed by atoms with Crippen LogP contribution in [0.25, 0.3) is 38.2 Å². The molecular weight excluding hydrogens is 523 g/mol. The minimum Gasteiger partial charge on any atom is -0.457 e. The van der Waals surface area contributed by atoms with Crippen molar-refractivity contribution in [3.63, 3.8) is 0 Å². The Morgan fingerprint density at radius 3 is 2.60 bits per heavy atom. The number of aryl methyl sites for hydroxylation is 1. The molecule has 1 N–H and O–H groups in total. The molecule has 5 aromatic rings. The van der Waals surface area contributed by atoms with Crippen molar-refractivity contribution in [1.82, 2.24) is 4.98 Å². The van der Waals surface area contributed by atoms with Crippen molar-refractivity contribution in [2.75, 3.05) is 5.32 Å². The van der Waals surface area contributed by atoms with Gasteiger partial charge >= 0.3 is 0 Å². The van der Waals surface area contributed by atoms with Crippen molar-refractivity contribution in [1.29, 1.82) is 0 Å². The van der Waals surface area contributed by atoms with E-state index in [0.29, 0.717) is 37.8 Å². The highest BCUT2D eigenvalue weighted by atomic mass is 35.5. The van der Waals surface area contributed by atoms with E-state index in [1.54, 1.807) is 24.3 Å². The van der Waals surface area contributed by atoms with Crippen LogP contribution >= 0.6 is 46.1 Å². The summed E-state index contributed by atoms with van der Waals surface area (Å²) in [5, 5.41) is 5.01. The predicted molar refractivity (Wildman–Crippen MR) is 147 cm³/mol. The summed E-state index contributed by atoms with van der Waals surface area (Å²) >= 11 is 20.5. The number of carbonyl (C=O) groups is 1. The summed E-state index contributed by atoms with van der Waals surface area (Å²) in [7, 11) is 0. The van der Waals surface area contributed by atoms with Gasteiger partial charge in [-0.15, -0.1) is 11.3 Å². The van der Waals surface area contributed by atoms with Gasteiger partial charge in [-0.05, 0) is 61.0 Å². The number of nitrogens with zero attached hydrogens (tertiary/aromatic N) is 1. The smallest absolute Gasteiger partial charge is 0.248 e. The molecule has 5 rings (SSSR count). The van der Waals surface area contributed by atoms with Crippen molar-refractivity contribution >= 4 is 74.0 Å². The zero-order valence-electron chi connectivity index (χ0n) is 18.3. The van der Waals surface area contributed by atoms with E-state index >= 15 is 0 Å². The van der Waals surface area contributed by atoms with Crippen molar-refractivity contribution in [3.8, 4) is 21.9 Å². The van der Waals surface area contributed by atoms with Crippen LogP contribution < -0.4 is 5.32 Å². The van der Waals surface area contributed by atoms with E-state index in [-0.39, 0.29) is 5.91 Å². The fourth-order valence-electron chi connectivity index (χ4n) is 3.47. The maximum atomic E-state index is 12.6. The Bertz CT molecular complexity index is 1570. The Labute approximate surface area is 220 Å². The lowest BCUT2D eigenvalue weighted by molar-refractivity contribution is -0.111. The molecule has 0 saturated heterocycles. The first-order chi connectivity index (χ1) is 16.9. The monoisotopic (exact) mass is 538 g/mol. The lowest BCUT2D eigenvalue weighted by Crippen LogP contribution is -2.08. The summed E-state index contributed by atoms with van der Waals surface area (Å²) in [4.78, 5) is 17.3. The number of anilines is 1. The molecule has 2 aromatic heterocycles. The first-order valence-corrected chi connectivity index (χ1v) is 12.5. The Balaban J connectivity index is 1.34. The third-order valence-corrected chi connectivity index (χ3v) is 7.42. The zero-order chi connectivity index (χ0) is 24.5. The standard InChI is InChI=1S/C27H17Cl3N2O2S/c1-15-6-7-16(12-19(15)28)24-10-8-17(34-24)9-11-26(33)31-23-13-18(20(29)14-21(23)30)27-32-22-4-2-3-5-25(22)35-27/h2-14H,1H3,(H,31,33)/b11-9+. The molecule has 0 atom stereocenters. The first kappa shape index (κ1) is 23.6. The highest BCUT2D eigenvalue weighted by molar-refractivity contribution is 7.21. The van der Waals surface area contributed by atoms with Crippen molar-refractivity contribution in [3.05, 3.63) is 99.2 Å². The molecule has 0 spiro atoms. The van der Waals surface area contributed by atoms with E-state index in [1.165, 1.54) is 17.4 Å². The SMILES string of the molecule is Cc1ccc(-c2ccc(/C=C/C(=O)Nc3cc(-c4nc5ccccc5s4)c(Cl)cc3Cl)o2)cc1Cl. The summed E-state index contributed by atoms with van der Waals surface area (Å²) in [5.74, 6) is 0.832. The third kappa shape index (κ3) is 5.14. The van der Waals surface area contributed by atoms with Crippen LogP contribution in [0.1, 0.15) is 11.3 Å². The number of thiazole rings is 1. The minimum absolute atomic E-state index is 0.332. The van der Waals surface area contributed by atoms with Crippen LogP contribution in [0.2, 0.25) is 15.1 Å². The number of amides is 1. The first-order valence-electron chi connectivity index (χ1n) is 10.6. The van der Waals surface area contributed by atoms with Gasteiger partial charge in [0.2, 0.25) is 5.91 Å². The quantitative estimate of drug-likeness (QED) is 0.227. The molecule has 0 aliphatic rings. The van der Waals surface area contributed by atoms with E-state index < -0.39 is 0 Å².